The first kappa shape index (κ1) is 21.7. The van der Waals surface area contributed by atoms with E-state index in [9.17, 15) is 8.42 Å². The molecule has 1 fully saturated rings. The summed E-state index contributed by atoms with van der Waals surface area (Å²) in [6, 6.07) is 15.8. The van der Waals surface area contributed by atoms with Crippen LogP contribution in [0, 0.1) is 0 Å². The van der Waals surface area contributed by atoms with Crippen molar-refractivity contribution >= 4 is 21.1 Å². The first-order chi connectivity index (χ1) is 15.0. The fourth-order valence-corrected chi connectivity index (χ4v) is 4.83. The van der Waals surface area contributed by atoms with Crippen LogP contribution in [0.3, 0.4) is 0 Å². The number of hydrogen-bond acceptors (Lipinski definition) is 6. The summed E-state index contributed by atoms with van der Waals surface area (Å²) in [4.78, 5) is 12.2. The van der Waals surface area contributed by atoms with Gasteiger partial charge in [0.2, 0.25) is 10.0 Å². The summed E-state index contributed by atoms with van der Waals surface area (Å²) in [6.07, 6.45) is 2.07. The second-order valence-corrected chi connectivity index (χ2v) is 9.71. The molecule has 164 valence electrons. The van der Waals surface area contributed by atoms with Gasteiger partial charge in [0.25, 0.3) is 0 Å². The lowest BCUT2D eigenvalue weighted by Crippen LogP contribution is -2.34. The van der Waals surface area contributed by atoms with E-state index >= 15 is 0 Å². The lowest BCUT2D eigenvalue weighted by Gasteiger charge is -2.22. The number of rotatable bonds is 6. The summed E-state index contributed by atoms with van der Waals surface area (Å²) in [5.41, 5.74) is 4.30. The Morgan fingerprint density at radius 3 is 2.39 bits per heavy atom. The van der Waals surface area contributed by atoms with E-state index in [1.54, 1.807) is 4.31 Å². The monoisotopic (exact) mass is 440 g/mol. The number of nitrogens with zero attached hydrogens (tertiary/aromatic N) is 4. The maximum absolute atomic E-state index is 12.0. The highest BCUT2D eigenvalue weighted by molar-refractivity contribution is 7.88. The smallest absolute Gasteiger partial charge is 0.211 e. The number of aromatic nitrogens is 2. The lowest BCUT2D eigenvalue weighted by atomic mass is 10.1. The van der Waals surface area contributed by atoms with Crippen molar-refractivity contribution in [2.75, 3.05) is 39.0 Å². The molecule has 0 saturated carbocycles. The second kappa shape index (κ2) is 9.30. The van der Waals surface area contributed by atoms with E-state index in [-0.39, 0.29) is 0 Å². The maximum atomic E-state index is 12.0. The van der Waals surface area contributed by atoms with Crippen LogP contribution in [-0.2, 0) is 16.6 Å². The minimum atomic E-state index is -3.18. The SMILES string of the molecule is CCOc1ccccc1-c1nc2ccccc2nc1CN1CCCN(S(C)(=O)=O)CC1. The Bertz CT molecular complexity index is 1170. The van der Waals surface area contributed by atoms with Crippen molar-refractivity contribution in [3.05, 3.63) is 54.2 Å². The van der Waals surface area contributed by atoms with E-state index in [2.05, 4.69) is 4.90 Å². The standard InChI is InChI=1S/C23H28N4O3S/c1-3-30-22-12-7-4-9-18(22)23-21(24-19-10-5-6-11-20(19)25-23)17-26-13-8-14-27(16-15-26)31(2,28)29/h4-7,9-12H,3,8,13-17H2,1-2H3. The van der Waals surface area contributed by atoms with Crippen molar-refractivity contribution in [1.82, 2.24) is 19.2 Å². The van der Waals surface area contributed by atoms with Gasteiger partial charge in [0, 0.05) is 31.7 Å². The maximum Gasteiger partial charge on any atom is 0.211 e. The number of hydrogen-bond donors (Lipinski definition) is 0. The average Bonchev–Trinajstić information content (AvgIpc) is 3.00. The van der Waals surface area contributed by atoms with Gasteiger partial charge in [-0.15, -0.1) is 0 Å². The normalized spacial score (nSPS) is 16.3. The Kier molecular flexibility index (Phi) is 6.50. The molecule has 3 aromatic rings. The van der Waals surface area contributed by atoms with Gasteiger partial charge in [0.15, 0.2) is 0 Å². The molecule has 1 aliphatic heterocycles. The van der Waals surface area contributed by atoms with Crippen LogP contribution < -0.4 is 4.74 Å². The molecule has 1 aliphatic rings. The molecule has 0 aliphatic carbocycles. The number of ether oxygens (including phenoxy) is 1. The zero-order valence-corrected chi connectivity index (χ0v) is 18.8. The summed E-state index contributed by atoms with van der Waals surface area (Å²) < 4.78 is 31.3. The summed E-state index contributed by atoms with van der Waals surface area (Å²) in [5.74, 6) is 0.787. The van der Waals surface area contributed by atoms with Gasteiger partial charge in [-0.1, -0.05) is 24.3 Å². The van der Waals surface area contributed by atoms with Gasteiger partial charge in [-0.05, 0) is 44.2 Å². The van der Waals surface area contributed by atoms with Crippen LogP contribution >= 0.6 is 0 Å². The highest BCUT2D eigenvalue weighted by Gasteiger charge is 2.23. The van der Waals surface area contributed by atoms with Gasteiger partial charge >= 0.3 is 0 Å². The van der Waals surface area contributed by atoms with Crippen LogP contribution in [0.15, 0.2) is 48.5 Å². The van der Waals surface area contributed by atoms with Crippen molar-refractivity contribution in [2.24, 2.45) is 0 Å². The predicted molar refractivity (Wildman–Crippen MR) is 122 cm³/mol. The Morgan fingerprint density at radius 2 is 1.65 bits per heavy atom. The summed E-state index contributed by atoms with van der Waals surface area (Å²) in [7, 11) is -3.18. The van der Waals surface area contributed by atoms with E-state index < -0.39 is 10.0 Å². The third-order valence-corrected chi connectivity index (χ3v) is 6.78. The molecule has 31 heavy (non-hydrogen) atoms. The van der Waals surface area contributed by atoms with E-state index in [4.69, 9.17) is 14.7 Å². The first-order valence-electron chi connectivity index (χ1n) is 10.6. The average molecular weight is 441 g/mol. The Hall–Kier alpha value is -2.55. The molecular formula is C23H28N4O3S. The zero-order valence-electron chi connectivity index (χ0n) is 18.0. The van der Waals surface area contributed by atoms with E-state index in [1.165, 1.54) is 6.26 Å². The van der Waals surface area contributed by atoms with Crippen molar-refractivity contribution in [3.63, 3.8) is 0 Å². The summed E-state index contributed by atoms with van der Waals surface area (Å²) >= 11 is 0. The van der Waals surface area contributed by atoms with Crippen LogP contribution in [0.1, 0.15) is 19.0 Å². The molecule has 2 heterocycles. The quantitative estimate of drug-likeness (QED) is 0.586. The van der Waals surface area contributed by atoms with Crippen LogP contribution in [0.5, 0.6) is 5.75 Å². The number of para-hydroxylation sites is 3. The topological polar surface area (TPSA) is 75.6 Å². The molecule has 1 aromatic heterocycles. The van der Waals surface area contributed by atoms with Gasteiger partial charge in [0.05, 0.1) is 35.3 Å². The van der Waals surface area contributed by atoms with E-state index in [0.717, 1.165) is 46.7 Å². The second-order valence-electron chi connectivity index (χ2n) is 7.73. The summed E-state index contributed by atoms with van der Waals surface area (Å²) in [6.45, 7) is 5.66. The number of benzene rings is 2. The Balaban J connectivity index is 1.71. The van der Waals surface area contributed by atoms with Crippen molar-refractivity contribution < 1.29 is 13.2 Å². The zero-order chi connectivity index (χ0) is 21.8. The molecule has 0 atom stereocenters. The molecule has 4 rings (SSSR count). The molecule has 0 bridgehead atoms. The first-order valence-corrected chi connectivity index (χ1v) is 12.5. The minimum absolute atomic E-state index is 0.491. The third kappa shape index (κ3) is 5.03. The third-order valence-electron chi connectivity index (χ3n) is 5.47. The molecule has 0 spiro atoms. The highest BCUT2D eigenvalue weighted by atomic mass is 32.2. The van der Waals surface area contributed by atoms with E-state index in [1.807, 2.05) is 55.5 Å². The highest BCUT2D eigenvalue weighted by Crippen LogP contribution is 2.32. The molecule has 0 unspecified atom stereocenters. The molecule has 0 amide bonds. The summed E-state index contributed by atoms with van der Waals surface area (Å²) in [5, 5.41) is 0. The van der Waals surface area contributed by atoms with Gasteiger partial charge in [-0.3, -0.25) is 4.90 Å². The Morgan fingerprint density at radius 1 is 0.935 bits per heavy atom. The van der Waals surface area contributed by atoms with Crippen molar-refractivity contribution in [3.8, 4) is 17.0 Å². The molecular weight excluding hydrogens is 412 g/mol. The molecule has 1 saturated heterocycles. The van der Waals surface area contributed by atoms with Crippen molar-refractivity contribution in [1.29, 1.82) is 0 Å². The largest absolute Gasteiger partial charge is 0.493 e. The molecule has 8 heteroatoms. The van der Waals surface area contributed by atoms with Crippen LogP contribution in [0.25, 0.3) is 22.3 Å². The predicted octanol–water partition coefficient (Wildman–Crippen LogP) is 3.16. The number of sulfonamides is 1. The molecule has 0 radical (unpaired) electrons. The van der Waals surface area contributed by atoms with Crippen LogP contribution in [0.4, 0.5) is 0 Å². The van der Waals surface area contributed by atoms with Crippen LogP contribution in [0.2, 0.25) is 0 Å². The lowest BCUT2D eigenvalue weighted by molar-refractivity contribution is 0.276. The minimum Gasteiger partial charge on any atom is -0.493 e. The molecule has 7 nitrogen and oxygen atoms in total. The van der Waals surface area contributed by atoms with Gasteiger partial charge in [0.1, 0.15) is 5.75 Å². The Labute approximate surface area is 183 Å². The van der Waals surface area contributed by atoms with Gasteiger partial charge < -0.3 is 4.74 Å². The van der Waals surface area contributed by atoms with E-state index in [0.29, 0.717) is 32.8 Å². The van der Waals surface area contributed by atoms with Gasteiger partial charge in [-0.25, -0.2) is 22.7 Å². The van der Waals surface area contributed by atoms with Gasteiger partial charge in [-0.2, -0.15) is 0 Å². The number of fused-ring (bicyclic) bond motifs is 1. The fraction of sp³-hybridized carbons (Fsp3) is 0.391. The van der Waals surface area contributed by atoms with Crippen LogP contribution in [-0.4, -0.2) is 66.6 Å². The fourth-order valence-electron chi connectivity index (χ4n) is 3.95. The van der Waals surface area contributed by atoms with Crippen molar-refractivity contribution in [2.45, 2.75) is 19.9 Å². The molecule has 0 N–H and O–H groups in total. The molecule has 2 aromatic carbocycles.